The van der Waals surface area contributed by atoms with Gasteiger partial charge in [-0.05, 0) is 6.07 Å². The van der Waals surface area contributed by atoms with Crippen LogP contribution in [0, 0.1) is 0 Å². The highest BCUT2D eigenvalue weighted by Crippen LogP contribution is 2.18. The molecule has 102 valence electrons. The number of carbonyl (C=O) groups excluding carboxylic acids is 2. The Morgan fingerprint density at radius 1 is 1.47 bits per heavy atom. The van der Waals surface area contributed by atoms with Crippen LogP contribution in [0.3, 0.4) is 0 Å². The maximum Gasteiger partial charge on any atom is 0.317 e. The largest absolute Gasteiger partial charge is 0.397 e. The average molecular weight is 263 g/mol. The van der Waals surface area contributed by atoms with Crippen LogP contribution < -0.4 is 11.1 Å². The lowest BCUT2D eigenvalue weighted by Crippen LogP contribution is -2.54. The van der Waals surface area contributed by atoms with E-state index in [1.54, 1.807) is 33.7 Å². The van der Waals surface area contributed by atoms with Crippen molar-refractivity contribution in [1.29, 1.82) is 0 Å². The molecule has 1 aromatic heterocycles. The van der Waals surface area contributed by atoms with Crippen molar-refractivity contribution >= 4 is 17.6 Å². The molecule has 3 heterocycles. The van der Waals surface area contributed by atoms with Crippen LogP contribution in [0.2, 0.25) is 0 Å². The van der Waals surface area contributed by atoms with Crippen LogP contribution in [0.25, 0.3) is 0 Å². The number of amides is 3. The number of carbonyl (C=O) groups is 2. The van der Waals surface area contributed by atoms with Gasteiger partial charge in [-0.3, -0.25) is 4.79 Å². The number of hydrogen-bond donors (Lipinski definition) is 2. The Balaban J connectivity index is 1.75. The Labute approximate surface area is 110 Å². The third kappa shape index (κ3) is 1.91. The lowest BCUT2D eigenvalue weighted by atomic mass is 10.2. The van der Waals surface area contributed by atoms with E-state index in [-0.39, 0.29) is 18.0 Å². The molecule has 0 bridgehead atoms. The fourth-order valence-electron chi connectivity index (χ4n) is 2.75. The molecule has 7 nitrogen and oxygen atoms in total. The number of aromatic nitrogens is 1. The molecule has 19 heavy (non-hydrogen) atoms. The summed E-state index contributed by atoms with van der Waals surface area (Å²) in [6, 6.07) is 1.75. The van der Waals surface area contributed by atoms with Gasteiger partial charge in [0.05, 0.1) is 11.7 Å². The summed E-state index contributed by atoms with van der Waals surface area (Å²) >= 11 is 0. The smallest absolute Gasteiger partial charge is 0.317 e. The van der Waals surface area contributed by atoms with Crippen molar-refractivity contribution in [1.82, 2.24) is 19.7 Å². The van der Waals surface area contributed by atoms with E-state index in [9.17, 15) is 9.59 Å². The summed E-state index contributed by atoms with van der Waals surface area (Å²) < 4.78 is 1.74. The summed E-state index contributed by atoms with van der Waals surface area (Å²) in [7, 11) is 1.81. The first-order valence-corrected chi connectivity index (χ1v) is 6.32. The molecule has 1 unspecified atom stereocenters. The van der Waals surface area contributed by atoms with E-state index in [2.05, 4.69) is 5.32 Å². The van der Waals surface area contributed by atoms with Crippen LogP contribution in [-0.4, -0.2) is 58.5 Å². The zero-order chi connectivity index (χ0) is 13.6. The van der Waals surface area contributed by atoms with Crippen molar-refractivity contribution in [2.24, 2.45) is 7.05 Å². The van der Waals surface area contributed by atoms with Crippen molar-refractivity contribution in [3.63, 3.8) is 0 Å². The molecular formula is C12H17N5O2. The first-order chi connectivity index (χ1) is 9.06. The van der Waals surface area contributed by atoms with Gasteiger partial charge in [0.1, 0.15) is 5.69 Å². The van der Waals surface area contributed by atoms with Crippen LogP contribution in [0.1, 0.15) is 10.5 Å². The number of urea groups is 1. The van der Waals surface area contributed by atoms with Crippen molar-refractivity contribution in [2.45, 2.75) is 6.04 Å². The van der Waals surface area contributed by atoms with Gasteiger partial charge in [0, 0.05) is 39.4 Å². The lowest BCUT2D eigenvalue weighted by Gasteiger charge is -2.36. The highest BCUT2D eigenvalue weighted by atomic mass is 16.2. The summed E-state index contributed by atoms with van der Waals surface area (Å²) in [6.07, 6.45) is 1.73. The Morgan fingerprint density at radius 3 is 2.95 bits per heavy atom. The van der Waals surface area contributed by atoms with E-state index in [1.165, 1.54) is 0 Å². The van der Waals surface area contributed by atoms with Gasteiger partial charge in [-0.15, -0.1) is 0 Å². The normalized spacial score (nSPS) is 22.4. The maximum atomic E-state index is 12.4. The topological polar surface area (TPSA) is 83.6 Å². The van der Waals surface area contributed by atoms with Gasteiger partial charge < -0.3 is 25.4 Å². The highest BCUT2D eigenvalue weighted by Gasteiger charge is 2.37. The molecule has 3 N–H and O–H groups in total. The number of nitrogens with zero attached hydrogens (tertiary/aromatic N) is 3. The second-order valence-electron chi connectivity index (χ2n) is 5.05. The molecule has 3 rings (SSSR count). The van der Waals surface area contributed by atoms with E-state index in [0.717, 1.165) is 0 Å². The van der Waals surface area contributed by atoms with E-state index in [0.29, 0.717) is 37.6 Å². The van der Waals surface area contributed by atoms with Gasteiger partial charge in [-0.2, -0.15) is 0 Å². The van der Waals surface area contributed by atoms with Gasteiger partial charge in [0.15, 0.2) is 0 Å². The number of anilines is 1. The van der Waals surface area contributed by atoms with Crippen LogP contribution in [0.4, 0.5) is 10.5 Å². The minimum atomic E-state index is -0.0294. The van der Waals surface area contributed by atoms with Crippen LogP contribution in [0.15, 0.2) is 12.3 Å². The molecule has 2 aliphatic heterocycles. The van der Waals surface area contributed by atoms with Crippen LogP contribution in [-0.2, 0) is 7.05 Å². The fourth-order valence-corrected chi connectivity index (χ4v) is 2.75. The molecule has 0 saturated carbocycles. The number of piperazine rings is 1. The third-order valence-electron chi connectivity index (χ3n) is 3.76. The minimum absolute atomic E-state index is 0.0276. The standard InChI is InChI=1S/C12H17N5O2/c1-15-6-8(13)4-10(15)11(18)16-2-3-17-9(7-16)5-14-12(17)19/h4,6,9H,2-3,5,7,13H2,1H3,(H,14,19). The maximum absolute atomic E-state index is 12.4. The number of rotatable bonds is 1. The average Bonchev–Trinajstić information content (AvgIpc) is 2.92. The molecule has 2 saturated heterocycles. The first-order valence-electron chi connectivity index (χ1n) is 6.32. The van der Waals surface area contributed by atoms with E-state index in [4.69, 9.17) is 5.73 Å². The number of fused-ring (bicyclic) bond motifs is 1. The lowest BCUT2D eigenvalue weighted by molar-refractivity contribution is 0.0608. The molecule has 0 aliphatic carbocycles. The fraction of sp³-hybridized carbons (Fsp3) is 0.500. The van der Waals surface area contributed by atoms with Gasteiger partial charge >= 0.3 is 6.03 Å². The second kappa shape index (κ2) is 4.18. The highest BCUT2D eigenvalue weighted by molar-refractivity contribution is 5.94. The number of nitrogen functional groups attached to an aromatic ring is 1. The zero-order valence-electron chi connectivity index (χ0n) is 10.8. The summed E-state index contributed by atoms with van der Waals surface area (Å²) in [6.45, 7) is 2.33. The summed E-state index contributed by atoms with van der Waals surface area (Å²) in [4.78, 5) is 27.5. The van der Waals surface area contributed by atoms with Crippen molar-refractivity contribution in [2.75, 3.05) is 31.9 Å². The summed E-state index contributed by atoms with van der Waals surface area (Å²) in [5, 5.41) is 2.80. The van der Waals surface area contributed by atoms with Gasteiger partial charge in [-0.25, -0.2) is 4.79 Å². The Bertz CT molecular complexity index is 538. The predicted octanol–water partition coefficient (Wildman–Crippen LogP) is -0.543. The quantitative estimate of drug-likeness (QED) is 0.713. The molecule has 0 spiro atoms. The first kappa shape index (κ1) is 11.9. The van der Waals surface area contributed by atoms with E-state index in [1.807, 2.05) is 0 Å². The van der Waals surface area contributed by atoms with Gasteiger partial charge in [0.25, 0.3) is 5.91 Å². The molecule has 2 fully saturated rings. The molecule has 3 amide bonds. The molecule has 7 heteroatoms. The van der Waals surface area contributed by atoms with Crippen LogP contribution >= 0.6 is 0 Å². The monoisotopic (exact) mass is 263 g/mol. The molecule has 1 aromatic rings. The van der Waals surface area contributed by atoms with Crippen LogP contribution in [0.5, 0.6) is 0 Å². The summed E-state index contributed by atoms with van der Waals surface area (Å²) in [5.74, 6) is -0.0294. The van der Waals surface area contributed by atoms with E-state index >= 15 is 0 Å². The second-order valence-corrected chi connectivity index (χ2v) is 5.05. The van der Waals surface area contributed by atoms with Gasteiger partial charge in [-0.1, -0.05) is 0 Å². The molecule has 0 aromatic carbocycles. The van der Waals surface area contributed by atoms with Crippen molar-refractivity contribution in [3.05, 3.63) is 18.0 Å². The molecule has 1 atom stereocenters. The number of nitrogens with one attached hydrogen (secondary N) is 1. The number of hydrogen-bond acceptors (Lipinski definition) is 3. The van der Waals surface area contributed by atoms with Crippen molar-refractivity contribution < 1.29 is 9.59 Å². The number of nitrogens with two attached hydrogens (primary N) is 1. The minimum Gasteiger partial charge on any atom is -0.397 e. The molecular weight excluding hydrogens is 246 g/mol. The van der Waals surface area contributed by atoms with Gasteiger partial charge in [0.2, 0.25) is 0 Å². The summed E-state index contributed by atoms with van der Waals surface area (Å²) in [5.41, 5.74) is 6.87. The Hall–Kier alpha value is -2.18. The van der Waals surface area contributed by atoms with E-state index < -0.39 is 0 Å². The number of aryl methyl sites for hydroxylation is 1. The molecule has 0 radical (unpaired) electrons. The Kier molecular flexibility index (Phi) is 2.62. The zero-order valence-corrected chi connectivity index (χ0v) is 10.8. The molecule has 2 aliphatic rings. The Morgan fingerprint density at radius 2 is 2.26 bits per heavy atom. The predicted molar refractivity (Wildman–Crippen MR) is 69.6 cm³/mol. The SMILES string of the molecule is Cn1cc(N)cc1C(=O)N1CCN2C(=O)NCC2C1. The third-order valence-corrected chi connectivity index (χ3v) is 3.76. The van der Waals surface area contributed by atoms with Crippen molar-refractivity contribution in [3.8, 4) is 0 Å².